The largest absolute Gasteiger partial charge is 0.390 e. The molecule has 2 saturated heterocycles. The number of hydrogen-bond acceptors (Lipinski definition) is 3. The van der Waals surface area contributed by atoms with Crippen LogP contribution in [0.25, 0.3) is 0 Å². The molecule has 2 atom stereocenters. The molecule has 0 aromatic heterocycles. The molecule has 2 aliphatic heterocycles. The van der Waals surface area contributed by atoms with Gasteiger partial charge in [0.05, 0.1) is 31.2 Å². The fourth-order valence-corrected chi connectivity index (χ4v) is 4.28. The second-order valence-electron chi connectivity index (χ2n) is 4.67. The molecule has 1 N–H and O–H groups in total. The molecular weight excluding hydrogens is 221 g/mol. The van der Waals surface area contributed by atoms with Crippen molar-refractivity contribution in [1.82, 2.24) is 0 Å². The molecule has 6 heteroatoms. The zero-order valence-corrected chi connectivity index (χ0v) is 9.42. The molecule has 2 aliphatic rings. The highest BCUT2D eigenvalue weighted by Crippen LogP contribution is 2.31. The van der Waals surface area contributed by atoms with Gasteiger partial charge in [0.15, 0.2) is 16.0 Å². The third-order valence-electron chi connectivity index (χ3n) is 3.77. The van der Waals surface area contributed by atoms with E-state index in [-0.39, 0.29) is 24.2 Å². The molecule has 4 nitrogen and oxygen atoms in total. The van der Waals surface area contributed by atoms with E-state index in [1.54, 1.807) is 0 Å². The second kappa shape index (κ2) is 3.68. The maximum absolute atomic E-state index is 13.3. The van der Waals surface area contributed by atoms with Crippen molar-refractivity contribution >= 4 is 9.84 Å². The SMILES string of the molecule is O=S1(=O)CC[N+]2(CC1)C[C@@H](F)C[C@H]2CO. The predicted molar refractivity (Wildman–Crippen MR) is 53.9 cm³/mol. The maximum Gasteiger partial charge on any atom is 0.161 e. The Bertz CT molecular complexity index is 329. The van der Waals surface area contributed by atoms with E-state index in [9.17, 15) is 17.9 Å². The molecule has 0 aromatic carbocycles. The van der Waals surface area contributed by atoms with Crippen LogP contribution in [0.5, 0.6) is 0 Å². The first-order valence-corrected chi connectivity index (χ1v) is 7.11. The fourth-order valence-electron chi connectivity index (χ4n) is 2.79. The third-order valence-corrected chi connectivity index (χ3v) is 5.38. The molecule has 0 unspecified atom stereocenters. The van der Waals surface area contributed by atoms with Gasteiger partial charge in [-0.3, -0.25) is 0 Å². The van der Waals surface area contributed by atoms with Crippen LogP contribution < -0.4 is 0 Å². The highest BCUT2D eigenvalue weighted by molar-refractivity contribution is 7.91. The van der Waals surface area contributed by atoms with Crippen LogP contribution in [0.2, 0.25) is 0 Å². The third kappa shape index (κ3) is 2.03. The summed E-state index contributed by atoms with van der Waals surface area (Å²) in [6, 6.07) is -0.101. The molecule has 2 rings (SSSR count). The minimum atomic E-state index is -2.92. The van der Waals surface area contributed by atoms with Gasteiger partial charge in [0.1, 0.15) is 12.6 Å². The van der Waals surface area contributed by atoms with Crippen LogP contribution in [0.15, 0.2) is 0 Å². The van der Waals surface area contributed by atoms with E-state index in [0.29, 0.717) is 30.5 Å². The van der Waals surface area contributed by atoms with Gasteiger partial charge in [-0.05, 0) is 0 Å². The van der Waals surface area contributed by atoms with Crippen LogP contribution in [0.1, 0.15) is 6.42 Å². The Morgan fingerprint density at radius 1 is 1.33 bits per heavy atom. The van der Waals surface area contributed by atoms with Crippen molar-refractivity contribution in [2.45, 2.75) is 18.6 Å². The van der Waals surface area contributed by atoms with E-state index in [0.717, 1.165) is 0 Å². The molecule has 0 bridgehead atoms. The molecule has 88 valence electrons. The second-order valence-corrected chi connectivity index (χ2v) is 6.97. The Morgan fingerprint density at radius 2 is 1.93 bits per heavy atom. The number of alkyl halides is 1. The first-order valence-electron chi connectivity index (χ1n) is 5.29. The molecule has 2 heterocycles. The zero-order chi connectivity index (χ0) is 11.1. The van der Waals surface area contributed by atoms with E-state index >= 15 is 0 Å². The molecule has 15 heavy (non-hydrogen) atoms. The van der Waals surface area contributed by atoms with Crippen LogP contribution >= 0.6 is 0 Å². The summed E-state index contributed by atoms with van der Waals surface area (Å²) in [5.41, 5.74) is 0. The maximum atomic E-state index is 13.3. The minimum Gasteiger partial charge on any atom is -0.390 e. The van der Waals surface area contributed by atoms with Gasteiger partial charge in [0.25, 0.3) is 0 Å². The van der Waals surface area contributed by atoms with Crippen molar-refractivity contribution in [1.29, 1.82) is 0 Å². The van der Waals surface area contributed by atoms with Crippen LogP contribution in [-0.2, 0) is 9.84 Å². The number of hydrogen-bond donors (Lipinski definition) is 1. The number of nitrogens with zero attached hydrogens (tertiary/aromatic N) is 1. The number of rotatable bonds is 1. The van der Waals surface area contributed by atoms with Gasteiger partial charge in [-0.1, -0.05) is 0 Å². The number of aliphatic hydroxyl groups excluding tert-OH is 1. The first kappa shape index (κ1) is 11.3. The molecule has 2 fully saturated rings. The number of aliphatic hydroxyl groups is 1. The van der Waals surface area contributed by atoms with Gasteiger partial charge in [0, 0.05) is 6.42 Å². The molecule has 0 aromatic rings. The van der Waals surface area contributed by atoms with Crippen molar-refractivity contribution in [2.24, 2.45) is 0 Å². The lowest BCUT2D eigenvalue weighted by atomic mass is 10.2. The first-order chi connectivity index (χ1) is 6.97. The number of sulfone groups is 1. The van der Waals surface area contributed by atoms with Gasteiger partial charge >= 0.3 is 0 Å². The average molecular weight is 238 g/mol. The van der Waals surface area contributed by atoms with Crippen molar-refractivity contribution in [3.8, 4) is 0 Å². The number of quaternary nitrogens is 1. The van der Waals surface area contributed by atoms with Crippen LogP contribution in [-0.4, -0.2) is 68.0 Å². The minimum absolute atomic E-state index is 0.0412. The molecule has 0 radical (unpaired) electrons. The monoisotopic (exact) mass is 238 g/mol. The molecular formula is C9H17FNO3S+. The Labute approximate surface area is 89.2 Å². The fraction of sp³-hybridized carbons (Fsp3) is 1.00. The van der Waals surface area contributed by atoms with E-state index in [1.165, 1.54) is 0 Å². The highest BCUT2D eigenvalue weighted by atomic mass is 32.2. The summed E-state index contributed by atoms with van der Waals surface area (Å²) in [5, 5.41) is 9.20. The smallest absolute Gasteiger partial charge is 0.161 e. The molecule has 0 aliphatic carbocycles. The van der Waals surface area contributed by atoms with E-state index < -0.39 is 16.0 Å². The molecule has 0 amide bonds. The van der Waals surface area contributed by atoms with Crippen molar-refractivity contribution in [3.05, 3.63) is 0 Å². The lowest BCUT2D eigenvalue weighted by Gasteiger charge is -2.41. The standard InChI is InChI=1S/C9H17FNO3S/c10-8-5-9(7-12)11(6-8)1-3-15(13,14)4-2-11/h8-9,12H,1-7H2/q+1/t8-,9-/m0/s1. The summed E-state index contributed by atoms with van der Waals surface area (Å²) in [6.07, 6.45) is -0.515. The lowest BCUT2D eigenvalue weighted by Crippen LogP contribution is -2.60. The van der Waals surface area contributed by atoms with Crippen molar-refractivity contribution in [2.75, 3.05) is 37.7 Å². The van der Waals surface area contributed by atoms with Crippen molar-refractivity contribution in [3.63, 3.8) is 0 Å². The number of halogens is 1. The Morgan fingerprint density at radius 3 is 2.47 bits per heavy atom. The van der Waals surface area contributed by atoms with Crippen molar-refractivity contribution < 1.29 is 22.4 Å². The summed E-state index contributed by atoms with van der Waals surface area (Å²) >= 11 is 0. The highest BCUT2D eigenvalue weighted by Gasteiger charge is 2.49. The van der Waals surface area contributed by atoms with E-state index in [1.807, 2.05) is 0 Å². The summed E-state index contributed by atoms with van der Waals surface area (Å²) < 4.78 is 36.4. The normalized spacial score (nSPS) is 38.3. The average Bonchev–Trinajstić information content (AvgIpc) is 2.49. The Hall–Kier alpha value is -0.200. The summed E-state index contributed by atoms with van der Waals surface area (Å²) in [6.45, 7) is 1.27. The van der Waals surface area contributed by atoms with Gasteiger partial charge in [-0.2, -0.15) is 0 Å². The van der Waals surface area contributed by atoms with Crippen LogP contribution in [0.3, 0.4) is 0 Å². The summed E-state index contributed by atoms with van der Waals surface area (Å²) in [5.74, 6) is 0.270. The van der Waals surface area contributed by atoms with Gasteiger partial charge in [-0.25, -0.2) is 12.8 Å². The van der Waals surface area contributed by atoms with Crippen LogP contribution in [0, 0.1) is 0 Å². The zero-order valence-electron chi connectivity index (χ0n) is 8.60. The molecule has 1 spiro atoms. The van der Waals surface area contributed by atoms with E-state index in [4.69, 9.17) is 0 Å². The lowest BCUT2D eigenvalue weighted by molar-refractivity contribution is -0.937. The summed E-state index contributed by atoms with van der Waals surface area (Å²) in [4.78, 5) is 0. The molecule has 0 saturated carbocycles. The quantitative estimate of drug-likeness (QED) is 0.617. The Balaban J connectivity index is 2.14. The van der Waals surface area contributed by atoms with Gasteiger partial charge < -0.3 is 9.59 Å². The topological polar surface area (TPSA) is 54.4 Å². The summed E-state index contributed by atoms with van der Waals surface area (Å²) in [7, 11) is -2.92. The van der Waals surface area contributed by atoms with Gasteiger partial charge in [0.2, 0.25) is 0 Å². The van der Waals surface area contributed by atoms with Gasteiger partial charge in [-0.15, -0.1) is 0 Å². The Kier molecular flexibility index (Phi) is 2.77. The van der Waals surface area contributed by atoms with E-state index in [2.05, 4.69) is 0 Å². The predicted octanol–water partition coefficient (Wildman–Crippen LogP) is -0.666. The van der Waals surface area contributed by atoms with Crippen LogP contribution in [0.4, 0.5) is 4.39 Å².